The number of fused-ring (bicyclic) bond motifs is 4. The predicted octanol–water partition coefficient (Wildman–Crippen LogP) is 19.6. The average Bonchev–Trinajstić information content (AvgIpc) is 1.59. The third-order valence-corrected chi connectivity index (χ3v) is 20.0. The number of nitrogens with zero attached hydrogens (tertiary/aromatic N) is 2. The molecule has 0 saturated carbocycles. The highest BCUT2D eigenvalue weighted by Crippen LogP contribution is 2.42. The van der Waals surface area contributed by atoms with E-state index in [9.17, 15) is 38.4 Å². The second kappa shape index (κ2) is 26.4. The molecule has 4 aliphatic rings. The van der Waals surface area contributed by atoms with Crippen molar-refractivity contribution in [2.75, 3.05) is 9.80 Å². The molecule has 0 saturated heterocycles. The van der Waals surface area contributed by atoms with Gasteiger partial charge in [-0.3, -0.25) is 19.2 Å². The maximum absolute atomic E-state index is 13.9. The van der Waals surface area contributed by atoms with Gasteiger partial charge in [0.05, 0.1) is 55.9 Å². The summed E-state index contributed by atoms with van der Waals surface area (Å²) in [5.41, 5.74) is 7.38. The van der Waals surface area contributed by atoms with Gasteiger partial charge in [-0.05, 0) is 228 Å². The first-order chi connectivity index (χ1) is 51.5. The van der Waals surface area contributed by atoms with E-state index in [2.05, 4.69) is 41.5 Å². The van der Waals surface area contributed by atoms with Gasteiger partial charge < -0.3 is 37.9 Å². The van der Waals surface area contributed by atoms with Gasteiger partial charge in [-0.25, -0.2) is 29.0 Å². The predicted molar refractivity (Wildman–Crippen MR) is 396 cm³/mol. The van der Waals surface area contributed by atoms with E-state index in [-0.39, 0.29) is 44.5 Å². The van der Waals surface area contributed by atoms with E-state index in [1.807, 2.05) is 146 Å². The monoisotopic (exact) mass is 1410 g/mol. The lowest BCUT2D eigenvalue weighted by molar-refractivity contribution is 0.0425. The van der Waals surface area contributed by atoms with Gasteiger partial charge in [0, 0.05) is 16.2 Å². The zero-order valence-electron chi connectivity index (χ0n) is 58.3. The molecule has 12 aromatic carbocycles. The number of cyclic esters (lactones) is 4. The van der Waals surface area contributed by atoms with Crippen LogP contribution in [0.4, 0.5) is 11.4 Å². The van der Waals surface area contributed by atoms with Gasteiger partial charge in [-0.1, -0.05) is 114 Å². The largest absolute Gasteiger partial charge is 0.457 e. The third kappa shape index (κ3) is 12.7. The summed E-state index contributed by atoms with van der Waals surface area (Å²) in [6, 6.07) is 78.6. The number of hydrogen-bond acceptors (Lipinski definition) is 16. The van der Waals surface area contributed by atoms with E-state index in [1.165, 1.54) is 24.3 Å². The van der Waals surface area contributed by atoms with Crippen LogP contribution in [0.1, 0.15) is 158 Å². The molecular formula is C89H62N2O16. The molecule has 16 rings (SSSR count). The molecule has 4 aliphatic heterocycles. The Morgan fingerprint density at radius 3 is 0.626 bits per heavy atom. The Labute approximate surface area is 613 Å². The summed E-state index contributed by atoms with van der Waals surface area (Å²) in [5.74, 6) is 1.38. The van der Waals surface area contributed by atoms with Gasteiger partial charge >= 0.3 is 23.9 Å². The molecule has 18 nitrogen and oxygen atoms in total. The van der Waals surface area contributed by atoms with E-state index in [0.29, 0.717) is 80.4 Å². The molecule has 0 radical (unpaired) electrons. The molecule has 0 aromatic heterocycles. The molecule has 0 spiro atoms. The van der Waals surface area contributed by atoms with Crippen LogP contribution in [0.25, 0.3) is 0 Å². The third-order valence-electron chi connectivity index (χ3n) is 20.0. The number of hydrogen-bond donors (Lipinski definition) is 0. The van der Waals surface area contributed by atoms with Crippen LogP contribution in [0.5, 0.6) is 69.0 Å². The van der Waals surface area contributed by atoms with E-state index >= 15 is 0 Å². The number of esters is 4. The first kappa shape index (κ1) is 67.5. The number of benzene rings is 12. The lowest BCUT2D eigenvalue weighted by atomic mass is 9.78. The quantitative estimate of drug-likeness (QED) is 0.0394. The maximum Gasteiger partial charge on any atom is 0.347 e. The lowest BCUT2D eigenvalue weighted by Crippen LogP contribution is -2.29. The second-order valence-corrected chi connectivity index (χ2v) is 27.7. The summed E-state index contributed by atoms with van der Waals surface area (Å²) in [5, 5.41) is 0. The maximum atomic E-state index is 13.9. The van der Waals surface area contributed by atoms with E-state index in [0.717, 1.165) is 43.2 Å². The number of carbonyl (C=O) groups excluding carboxylic acids is 8. The SMILES string of the molecule is CC(C)(c1ccc(Oc2ccc(N3C(=O)c4ccc(Oc5ccc(C(C)(C)c6ccc(Oc7ccc8c(c7)C(=O)OC8=O)cc6)cc5)cc4C3=O)cc2)cc1)c1ccc(Oc2ccc(N3C(=O)c4ccc(Oc5ccc(C(C)(C)c6ccc(Oc7ccc8c(c7)C(=O)OC8=O)cc6)cc5)cc4C3=O)cc2)cc1. The van der Waals surface area contributed by atoms with E-state index in [4.69, 9.17) is 37.9 Å². The van der Waals surface area contributed by atoms with Gasteiger partial charge in [0.15, 0.2) is 0 Å². The summed E-state index contributed by atoms with van der Waals surface area (Å²) in [7, 11) is 0. The van der Waals surface area contributed by atoms with Crippen molar-refractivity contribution in [1.82, 2.24) is 0 Å². The molecule has 0 aliphatic carbocycles. The van der Waals surface area contributed by atoms with Crippen LogP contribution < -0.4 is 38.2 Å². The number of carbonyl (C=O) groups is 8. The average molecular weight is 1420 g/mol. The molecular weight excluding hydrogens is 1350 g/mol. The van der Waals surface area contributed by atoms with Crippen molar-refractivity contribution in [1.29, 1.82) is 0 Å². The van der Waals surface area contributed by atoms with Crippen molar-refractivity contribution < 1.29 is 76.3 Å². The second-order valence-electron chi connectivity index (χ2n) is 27.7. The number of amides is 4. The van der Waals surface area contributed by atoms with Gasteiger partial charge in [-0.15, -0.1) is 0 Å². The topological polar surface area (TPSA) is 217 Å². The standard InChI is InChI=1S/C89H62N2O16/c1-87(2,51-7-23-59(24-8-51)100-65-35-19-57(20-36-65)90-79(92)71-43-39-67(47-75(71)81(90)94)102-61-27-11-53(12-28-61)88(3,4)55-15-31-63(32-16-55)104-69-41-45-73-77(49-69)85(98)106-83(73)96)52-9-25-60(26-10-52)101-66-37-21-58(22-38-66)91-80(93)72-44-40-68(48-76(72)82(91)95)103-62-29-13-54(14-30-62)89(5,6)56-17-33-64(34-18-56)105-70-42-46-74-78(50-70)86(99)107-84(74)97/h7-50H,1-6H3. The fraction of sp³-hybridized carbons (Fsp3) is 0.101. The van der Waals surface area contributed by atoms with Crippen molar-refractivity contribution in [2.45, 2.75) is 57.8 Å². The molecule has 0 fully saturated rings. The molecule has 0 bridgehead atoms. The zero-order valence-corrected chi connectivity index (χ0v) is 58.3. The molecule has 524 valence electrons. The molecule has 4 heterocycles. The van der Waals surface area contributed by atoms with Crippen LogP contribution in [0.2, 0.25) is 0 Å². The van der Waals surface area contributed by atoms with Crippen molar-refractivity contribution in [2.24, 2.45) is 0 Å². The number of anilines is 2. The summed E-state index contributed by atoms with van der Waals surface area (Å²) in [4.78, 5) is 105. The van der Waals surface area contributed by atoms with Crippen LogP contribution >= 0.6 is 0 Å². The molecule has 4 amide bonds. The van der Waals surface area contributed by atoms with Gasteiger partial charge in [0.2, 0.25) is 0 Å². The highest BCUT2D eigenvalue weighted by molar-refractivity contribution is 6.35. The highest BCUT2D eigenvalue weighted by Gasteiger charge is 2.40. The van der Waals surface area contributed by atoms with Crippen LogP contribution in [0.3, 0.4) is 0 Å². The molecule has 0 N–H and O–H groups in total. The Hall–Kier alpha value is -14.0. The smallest absolute Gasteiger partial charge is 0.347 e. The van der Waals surface area contributed by atoms with Crippen LogP contribution in [0.15, 0.2) is 267 Å². The normalized spacial score (nSPS) is 13.8. The van der Waals surface area contributed by atoms with Crippen LogP contribution in [0, 0.1) is 0 Å². The summed E-state index contributed by atoms with van der Waals surface area (Å²) >= 11 is 0. The molecule has 18 heteroatoms. The van der Waals surface area contributed by atoms with E-state index in [1.54, 1.807) is 97.1 Å². The first-order valence-electron chi connectivity index (χ1n) is 34.3. The molecule has 12 aromatic rings. The molecule has 107 heavy (non-hydrogen) atoms. The Bertz CT molecular complexity index is 5320. The fourth-order valence-corrected chi connectivity index (χ4v) is 13.6. The Morgan fingerprint density at radius 2 is 0.383 bits per heavy atom. The zero-order chi connectivity index (χ0) is 74.2. The first-order valence-corrected chi connectivity index (χ1v) is 34.3. The minimum absolute atomic E-state index is 0.169. The van der Waals surface area contributed by atoms with Gasteiger partial charge in [0.1, 0.15) is 69.0 Å². The number of rotatable bonds is 20. The molecule has 0 unspecified atom stereocenters. The fourth-order valence-electron chi connectivity index (χ4n) is 13.6. The Balaban J connectivity index is 0.493. The van der Waals surface area contributed by atoms with Crippen LogP contribution in [-0.4, -0.2) is 47.5 Å². The highest BCUT2D eigenvalue weighted by atomic mass is 16.6. The van der Waals surface area contributed by atoms with Gasteiger partial charge in [0.25, 0.3) is 23.6 Å². The number of ether oxygens (including phenoxy) is 8. The van der Waals surface area contributed by atoms with Crippen molar-refractivity contribution >= 4 is 58.9 Å². The Kier molecular flexibility index (Phi) is 16.6. The van der Waals surface area contributed by atoms with Gasteiger partial charge in [-0.2, -0.15) is 0 Å². The minimum atomic E-state index is -0.699. The lowest BCUT2D eigenvalue weighted by Gasteiger charge is -2.26. The summed E-state index contributed by atoms with van der Waals surface area (Å²) in [6.45, 7) is 12.7. The van der Waals surface area contributed by atoms with Crippen molar-refractivity contribution in [3.05, 3.63) is 345 Å². The summed E-state index contributed by atoms with van der Waals surface area (Å²) in [6.07, 6.45) is 0. The molecule has 0 atom stereocenters. The van der Waals surface area contributed by atoms with Crippen molar-refractivity contribution in [3.63, 3.8) is 0 Å². The van der Waals surface area contributed by atoms with E-state index < -0.39 is 63.8 Å². The van der Waals surface area contributed by atoms with Crippen molar-refractivity contribution in [3.8, 4) is 69.0 Å². The van der Waals surface area contributed by atoms with Crippen LogP contribution in [-0.2, 0) is 25.7 Å². The minimum Gasteiger partial charge on any atom is -0.457 e. The Morgan fingerprint density at radius 1 is 0.206 bits per heavy atom. The summed E-state index contributed by atoms with van der Waals surface area (Å²) < 4.78 is 46.3. The number of imide groups is 2.